The van der Waals surface area contributed by atoms with E-state index < -0.39 is 61.8 Å². The van der Waals surface area contributed by atoms with Crippen LogP contribution in [-0.4, -0.2) is 49.0 Å². The van der Waals surface area contributed by atoms with Crippen molar-refractivity contribution in [2.24, 2.45) is 0 Å². The van der Waals surface area contributed by atoms with E-state index in [1.807, 2.05) is 0 Å². The summed E-state index contributed by atoms with van der Waals surface area (Å²) in [5, 5.41) is 0. The van der Waals surface area contributed by atoms with Crippen molar-refractivity contribution in [2.45, 2.75) is 57.4 Å². The quantitative estimate of drug-likeness (QED) is 0.345. The molecule has 25 heavy (non-hydrogen) atoms. The standard InChI is InChI=1S/C13H17F7O5/c1-4-8(21)25-12(13(18,19)20,9(22)23-5-2)24-7-6-11(16,17)10(3,14)15/h4-7H2,1-3H3. The van der Waals surface area contributed by atoms with E-state index in [0.717, 1.165) is 13.8 Å². The summed E-state index contributed by atoms with van der Waals surface area (Å²) in [4.78, 5) is 22.9. The third-order valence-corrected chi connectivity index (χ3v) is 2.83. The number of rotatable bonds is 9. The van der Waals surface area contributed by atoms with Crippen LogP contribution in [0.25, 0.3) is 0 Å². The minimum atomic E-state index is -5.70. The van der Waals surface area contributed by atoms with Crippen molar-refractivity contribution in [3.05, 3.63) is 0 Å². The second-order valence-electron chi connectivity index (χ2n) is 4.85. The van der Waals surface area contributed by atoms with Crippen LogP contribution in [-0.2, 0) is 23.8 Å². The first-order chi connectivity index (χ1) is 11.1. The lowest BCUT2D eigenvalue weighted by Crippen LogP contribution is -2.58. The smallest absolute Gasteiger partial charge is 0.461 e. The van der Waals surface area contributed by atoms with E-state index in [0.29, 0.717) is 0 Å². The molecule has 0 aliphatic heterocycles. The van der Waals surface area contributed by atoms with Gasteiger partial charge in [0.25, 0.3) is 0 Å². The van der Waals surface area contributed by atoms with E-state index in [4.69, 9.17) is 0 Å². The zero-order valence-electron chi connectivity index (χ0n) is 13.5. The van der Waals surface area contributed by atoms with Crippen molar-refractivity contribution >= 4 is 11.9 Å². The fraction of sp³-hybridized carbons (Fsp3) is 0.846. The Hall–Kier alpha value is -1.59. The molecule has 0 aliphatic rings. The van der Waals surface area contributed by atoms with Crippen LogP contribution in [0.2, 0.25) is 0 Å². The normalized spacial score (nSPS) is 15.4. The average Bonchev–Trinajstić information content (AvgIpc) is 2.43. The van der Waals surface area contributed by atoms with Gasteiger partial charge in [-0.05, 0) is 6.92 Å². The largest absolute Gasteiger partial charge is 0.468 e. The molecule has 0 fully saturated rings. The molecule has 1 atom stereocenters. The molecule has 0 aromatic rings. The van der Waals surface area contributed by atoms with Gasteiger partial charge in [0, 0.05) is 19.8 Å². The van der Waals surface area contributed by atoms with Crippen LogP contribution in [0.4, 0.5) is 30.7 Å². The van der Waals surface area contributed by atoms with Crippen LogP contribution in [0.3, 0.4) is 0 Å². The van der Waals surface area contributed by atoms with Gasteiger partial charge in [-0.15, -0.1) is 0 Å². The highest BCUT2D eigenvalue weighted by molar-refractivity contribution is 5.83. The number of hydrogen-bond acceptors (Lipinski definition) is 5. The molecule has 0 aromatic heterocycles. The van der Waals surface area contributed by atoms with Gasteiger partial charge in [-0.3, -0.25) is 4.79 Å². The van der Waals surface area contributed by atoms with Gasteiger partial charge in [-0.25, -0.2) is 13.6 Å². The molecular weight excluding hydrogens is 369 g/mol. The fourth-order valence-electron chi connectivity index (χ4n) is 1.39. The molecule has 0 saturated heterocycles. The number of hydrogen-bond donors (Lipinski definition) is 0. The minimum Gasteiger partial charge on any atom is -0.461 e. The Morgan fingerprint density at radius 1 is 0.960 bits per heavy atom. The van der Waals surface area contributed by atoms with Gasteiger partial charge in [-0.1, -0.05) is 6.92 Å². The van der Waals surface area contributed by atoms with Gasteiger partial charge >= 0.3 is 35.7 Å². The van der Waals surface area contributed by atoms with Gasteiger partial charge in [0.05, 0.1) is 13.2 Å². The Balaban J connectivity index is 5.57. The molecule has 5 nitrogen and oxygen atoms in total. The van der Waals surface area contributed by atoms with Crippen LogP contribution in [0.15, 0.2) is 0 Å². The van der Waals surface area contributed by atoms with Crippen molar-refractivity contribution < 1.29 is 54.5 Å². The highest BCUT2D eigenvalue weighted by Gasteiger charge is 2.68. The summed E-state index contributed by atoms with van der Waals surface area (Å²) in [6, 6.07) is 0. The molecule has 12 heteroatoms. The molecule has 0 spiro atoms. The number of halogens is 7. The Labute approximate surface area is 138 Å². The number of alkyl halides is 7. The van der Waals surface area contributed by atoms with Crippen LogP contribution in [0.5, 0.6) is 0 Å². The molecule has 1 unspecified atom stereocenters. The van der Waals surface area contributed by atoms with Gasteiger partial charge in [0.2, 0.25) is 0 Å². The van der Waals surface area contributed by atoms with Crippen molar-refractivity contribution in [3.8, 4) is 0 Å². The molecule has 0 bridgehead atoms. The average molecular weight is 386 g/mol. The van der Waals surface area contributed by atoms with Crippen LogP contribution in [0.1, 0.15) is 33.6 Å². The summed E-state index contributed by atoms with van der Waals surface area (Å²) in [6.45, 7) is -0.141. The van der Waals surface area contributed by atoms with Crippen LogP contribution < -0.4 is 0 Å². The second-order valence-corrected chi connectivity index (χ2v) is 4.85. The zero-order chi connectivity index (χ0) is 20.1. The van der Waals surface area contributed by atoms with Gasteiger partial charge in [-0.2, -0.15) is 22.0 Å². The van der Waals surface area contributed by atoms with E-state index in [1.165, 1.54) is 0 Å². The fourth-order valence-corrected chi connectivity index (χ4v) is 1.39. The number of carbonyl (C=O) groups excluding carboxylic acids is 2. The molecule has 0 aliphatic carbocycles. The lowest BCUT2D eigenvalue weighted by Gasteiger charge is -2.33. The van der Waals surface area contributed by atoms with Crippen LogP contribution >= 0.6 is 0 Å². The molecule has 148 valence electrons. The summed E-state index contributed by atoms with van der Waals surface area (Å²) < 4.78 is 104. The van der Waals surface area contributed by atoms with Gasteiger partial charge in [0.15, 0.2) is 0 Å². The molecule has 0 rings (SSSR count). The predicted octanol–water partition coefficient (Wildman–Crippen LogP) is 3.46. The highest BCUT2D eigenvalue weighted by Crippen LogP contribution is 2.40. The maximum absolute atomic E-state index is 13.3. The first kappa shape index (κ1) is 23.4. The van der Waals surface area contributed by atoms with Gasteiger partial charge < -0.3 is 14.2 Å². The summed E-state index contributed by atoms with van der Waals surface area (Å²) in [7, 11) is 0. The van der Waals surface area contributed by atoms with Crippen molar-refractivity contribution in [1.29, 1.82) is 0 Å². The molecule has 0 amide bonds. The van der Waals surface area contributed by atoms with E-state index in [9.17, 15) is 40.3 Å². The van der Waals surface area contributed by atoms with Crippen molar-refractivity contribution in [3.63, 3.8) is 0 Å². The third-order valence-electron chi connectivity index (χ3n) is 2.83. The third kappa shape index (κ3) is 5.72. The molecule has 0 saturated carbocycles. The van der Waals surface area contributed by atoms with E-state index in [2.05, 4.69) is 14.2 Å². The van der Waals surface area contributed by atoms with Crippen LogP contribution in [0, 0.1) is 0 Å². The van der Waals surface area contributed by atoms with Crippen molar-refractivity contribution in [1.82, 2.24) is 0 Å². The Bertz CT molecular complexity index is 472. The Morgan fingerprint density at radius 3 is 1.84 bits per heavy atom. The monoisotopic (exact) mass is 386 g/mol. The lowest BCUT2D eigenvalue weighted by atomic mass is 10.1. The molecule has 0 N–H and O–H groups in total. The topological polar surface area (TPSA) is 61.8 Å². The van der Waals surface area contributed by atoms with E-state index >= 15 is 0 Å². The molecule has 0 aromatic carbocycles. The van der Waals surface area contributed by atoms with E-state index in [1.54, 1.807) is 0 Å². The van der Waals surface area contributed by atoms with E-state index in [-0.39, 0.29) is 6.92 Å². The highest BCUT2D eigenvalue weighted by atomic mass is 19.4. The molecule has 0 radical (unpaired) electrons. The molecule has 0 heterocycles. The van der Waals surface area contributed by atoms with Crippen molar-refractivity contribution in [2.75, 3.05) is 13.2 Å². The number of esters is 2. The number of ether oxygens (including phenoxy) is 3. The maximum Gasteiger partial charge on any atom is 0.468 e. The first-order valence-corrected chi connectivity index (χ1v) is 7.00. The predicted molar refractivity (Wildman–Crippen MR) is 67.9 cm³/mol. The van der Waals surface area contributed by atoms with Gasteiger partial charge in [0.1, 0.15) is 0 Å². The Morgan fingerprint density at radius 2 is 1.48 bits per heavy atom. The maximum atomic E-state index is 13.3. The number of carbonyl (C=O) groups is 2. The SMILES string of the molecule is CCOC(=O)C(OCCC(F)(F)C(C)(F)F)(OC(=O)CC)C(F)(F)F. The Kier molecular flexibility index (Phi) is 7.67. The summed E-state index contributed by atoms with van der Waals surface area (Å²) in [5.41, 5.74) is 0. The zero-order valence-corrected chi connectivity index (χ0v) is 13.5. The molecular formula is C13H17F7O5. The second kappa shape index (κ2) is 8.19. The lowest BCUT2D eigenvalue weighted by molar-refractivity contribution is -0.358. The summed E-state index contributed by atoms with van der Waals surface area (Å²) in [5.74, 6) is -17.3. The summed E-state index contributed by atoms with van der Waals surface area (Å²) in [6.07, 6.45) is -8.17. The first-order valence-electron chi connectivity index (χ1n) is 7.00. The summed E-state index contributed by atoms with van der Waals surface area (Å²) >= 11 is 0. The minimum absolute atomic E-state index is 0.132.